The summed E-state index contributed by atoms with van der Waals surface area (Å²) in [6.45, 7) is 1.51. The average Bonchev–Trinajstić information content (AvgIpc) is 3.25. The predicted octanol–water partition coefficient (Wildman–Crippen LogP) is 5.91. The Labute approximate surface area is 222 Å². The van der Waals surface area contributed by atoms with Gasteiger partial charge in [0.05, 0.1) is 11.6 Å². The van der Waals surface area contributed by atoms with Crippen molar-refractivity contribution in [2.45, 2.75) is 57.0 Å². The number of nitrogens with one attached hydrogen (secondary N) is 1. The SMILES string of the molecule is COc1cc(CNC23CC4CC(CC(C4)C2)C3)cc(Br)c1OCC(=O)N1CCc2ccccc21.Cl. The van der Waals surface area contributed by atoms with Gasteiger partial charge in [-0.25, -0.2) is 0 Å². The molecule has 1 heterocycles. The maximum atomic E-state index is 12.9. The maximum absolute atomic E-state index is 12.9. The van der Waals surface area contributed by atoms with Gasteiger partial charge >= 0.3 is 0 Å². The van der Waals surface area contributed by atoms with Crippen LogP contribution < -0.4 is 19.7 Å². The number of anilines is 1. The number of para-hydroxylation sites is 1. The molecule has 0 radical (unpaired) electrons. The first-order valence-corrected chi connectivity index (χ1v) is 13.4. The number of carbonyl (C=O) groups is 1. The first-order valence-electron chi connectivity index (χ1n) is 12.6. The van der Waals surface area contributed by atoms with Crippen molar-refractivity contribution in [1.29, 1.82) is 0 Å². The van der Waals surface area contributed by atoms with E-state index in [2.05, 4.69) is 33.4 Å². The van der Waals surface area contributed by atoms with Gasteiger partial charge in [0, 0.05) is 24.3 Å². The molecule has 35 heavy (non-hydrogen) atoms. The van der Waals surface area contributed by atoms with Gasteiger partial charge in [-0.1, -0.05) is 18.2 Å². The minimum atomic E-state index is -0.0357. The molecule has 0 unspecified atom stereocenters. The van der Waals surface area contributed by atoms with Gasteiger partial charge in [0.25, 0.3) is 5.91 Å². The molecule has 1 N–H and O–H groups in total. The van der Waals surface area contributed by atoms with E-state index in [9.17, 15) is 4.79 Å². The number of fused-ring (bicyclic) bond motifs is 1. The van der Waals surface area contributed by atoms with E-state index in [4.69, 9.17) is 9.47 Å². The van der Waals surface area contributed by atoms with Crippen LogP contribution in [-0.4, -0.2) is 31.7 Å². The lowest BCUT2D eigenvalue weighted by atomic mass is 9.53. The Morgan fingerprint density at radius 3 is 2.49 bits per heavy atom. The summed E-state index contributed by atoms with van der Waals surface area (Å²) >= 11 is 3.67. The van der Waals surface area contributed by atoms with E-state index >= 15 is 0 Å². The van der Waals surface area contributed by atoms with E-state index < -0.39 is 0 Å². The van der Waals surface area contributed by atoms with Crippen molar-refractivity contribution in [2.24, 2.45) is 17.8 Å². The Morgan fingerprint density at radius 2 is 1.80 bits per heavy atom. The number of ether oxygens (including phenoxy) is 2. The number of halogens is 2. The van der Waals surface area contributed by atoms with Crippen molar-refractivity contribution >= 4 is 39.9 Å². The first kappa shape index (κ1) is 24.9. The van der Waals surface area contributed by atoms with E-state index in [-0.39, 0.29) is 24.9 Å². The number of rotatable bonds is 7. The summed E-state index contributed by atoms with van der Waals surface area (Å²) in [6.07, 6.45) is 9.25. The molecule has 1 aliphatic heterocycles. The number of carbonyl (C=O) groups excluding carboxylic acids is 1. The van der Waals surface area contributed by atoms with Crippen LogP contribution in [0.15, 0.2) is 40.9 Å². The summed E-state index contributed by atoms with van der Waals surface area (Å²) in [7, 11) is 1.66. The average molecular weight is 562 g/mol. The number of methoxy groups -OCH3 is 1. The minimum Gasteiger partial charge on any atom is -0.493 e. The Morgan fingerprint density at radius 1 is 1.11 bits per heavy atom. The molecule has 0 aromatic heterocycles. The van der Waals surface area contributed by atoms with Crippen LogP contribution in [0.4, 0.5) is 5.69 Å². The Hall–Kier alpha value is -1.76. The summed E-state index contributed by atoms with van der Waals surface area (Å²) in [5, 5.41) is 3.96. The molecule has 5 nitrogen and oxygen atoms in total. The molecule has 5 aliphatic rings. The molecule has 4 saturated carbocycles. The largest absolute Gasteiger partial charge is 0.493 e. The second-order valence-corrected chi connectivity index (χ2v) is 11.7. The fourth-order valence-electron chi connectivity index (χ4n) is 7.44. The van der Waals surface area contributed by atoms with Gasteiger partial charge in [-0.3, -0.25) is 4.79 Å². The lowest BCUT2D eigenvalue weighted by molar-refractivity contribution is -0.120. The van der Waals surface area contributed by atoms with Crippen molar-refractivity contribution in [3.05, 3.63) is 52.0 Å². The van der Waals surface area contributed by atoms with Gasteiger partial charge in [0.1, 0.15) is 0 Å². The van der Waals surface area contributed by atoms with E-state index in [1.165, 1.54) is 49.7 Å². The van der Waals surface area contributed by atoms with Gasteiger partial charge in [0.15, 0.2) is 18.1 Å². The summed E-state index contributed by atoms with van der Waals surface area (Å²) in [5.74, 6) is 3.99. The fourth-order valence-corrected chi connectivity index (χ4v) is 8.05. The third-order valence-corrected chi connectivity index (χ3v) is 9.11. The number of benzene rings is 2. The Bertz CT molecular complexity index is 1070. The van der Waals surface area contributed by atoms with Gasteiger partial charge in [-0.2, -0.15) is 0 Å². The summed E-state index contributed by atoms with van der Waals surface area (Å²) in [6, 6.07) is 12.2. The number of nitrogens with zero attached hydrogens (tertiary/aromatic N) is 1. The molecule has 2 aromatic rings. The van der Waals surface area contributed by atoms with Crippen molar-refractivity contribution in [3.8, 4) is 11.5 Å². The van der Waals surface area contributed by atoms with Crippen molar-refractivity contribution < 1.29 is 14.3 Å². The number of hydrogen-bond donors (Lipinski definition) is 1. The smallest absolute Gasteiger partial charge is 0.264 e. The van der Waals surface area contributed by atoms with Gasteiger partial charge in [0.2, 0.25) is 0 Å². The molecule has 4 aliphatic carbocycles. The van der Waals surface area contributed by atoms with Gasteiger partial charge < -0.3 is 19.7 Å². The highest BCUT2D eigenvalue weighted by atomic mass is 79.9. The molecule has 1 amide bonds. The van der Waals surface area contributed by atoms with Crippen LogP contribution in [-0.2, 0) is 17.8 Å². The molecule has 188 valence electrons. The minimum absolute atomic E-state index is 0. The van der Waals surface area contributed by atoms with Crippen molar-refractivity contribution in [2.75, 3.05) is 25.2 Å². The van der Waals surface area contributed by atoms with Crippen LogP contribution >= 0.6 is 28.3 Å². The molecule has 0 atom stereocenters. The standard InChI is InChI=1S/C28H33BrN2O3.ClH/c1-33-25-12-21(16-30-28-13-18-8-19(14-28)10-20(9-18)15-28)11-23(29)27(25)34-17-26(32)31-7-6-22-4-2-3-5-24(22)31;/h2-5,11-12,18-20,30H,6-10,13-17H2,1H3;1H. The quantitative estimate of drug-likeness (QED) is 0.457. The highest BCUT2D eigenvalue weighted by Gasteiger charge is 2.50. The van der Waals surface area contributed by atoms with Crippen LogP contribution in [0.25, 0.3) is 0 Å². The van der Waals surface area contributed by atoms with E-state index in [0.29, 0.717) is 23.6 Å². The first-order chi connectivity index (χ1) is 16.5. The molecular formula is C28H34BrClN2O3. The number of amides is 1. The lowest BCUT2D eigenvalue weighted by Gasteiger charge is -2.57. The Balaban J connectivity index is 0.00000253. The third kappa shape index (κ3) is 4.82. The molecule has 4 bridgehead atoms. The molecule has 0 saturated heterocycles. The van der Waals surface area contributed by atoms with E-state index in [1.807, 2.05) is 29.2 Å². The van der Waals surface area contributed by atoms with Crippen LogP contribution in [0, 0.1) is 17.8 Å². The second kappa shape index (κ2) is 9.95. The molecular weight excluding hydrogens is 528 g/mol. The van der Waals surface area contributed by atoms with Gasteiger partial charge in [-0.05, 0) is 108 Å². The predicted molar refractivity (Wildman–Crippen MR) is 144 cm³/mol. The summed E-state index contributed by atoms with van der Waals surface area (Å²) in [5.41, 5.74) is 3.70. The summed E-state index contributed by atoms with van der Waals surface area (Å²) in [4.78, 5) is 14.7. The zero-order valence-electron chi connectivity index (χ0n) is 20.2. The van der Waals surface area contributed by atoms with Crippen molar-refractivity contribution in [3.63, 3.8) is 0 Å². The van der Waals surface area contributed by atoms with Crippen LogP contribution in [0.5, 0.6) is 11.5 Å². The Kier molecular flexibility index (Phi) is 7.08. The monoisotopic (exact) mass is 560 g/mol. The molecule has 4 fully saturated rings. The molecule has 2 aromatic carbocycles. The molecule has 7 rings (SSSR count). The van der Waals surface area contributed by atoms with Crippen LogP contribution in [0.3, 0.4) is 0 Å². The highest BCUT2D eigenvalue weighted by Crippen LogP contribution is 2.55. The van der Waals surface area contributed by atoms with Crippen LogP contribution in [0.1, 0.15) is 49.7 Å². The highest BCUT2D eigenvalue weighted by molar-refractivity contribution is 9.10. The lowest BCUT2D eigenvalue weighted by Crippen LogP contribution is -2.58. The van der Waals surface area contributed by atoms with E-state index in [1.54, 1.807) is 7.11 Å². The van der Waals surface area contributed by atoms with Crippen LogP contribution in [0.2, 0.25) is 0 Å². The molecule has 7 heteroatoms. The fraction of sp³-hybridized carbons (Fsp3) is 0.536. The normalized spacial score (nSPS) is 27.9. The molecule has 0 spiro atoms. The third-order valence-electron chi connectivity index (χ3n) is 8.52. The van der Waals surface area contributed by atoms with Crippen molar-refractivity contribution in [1.82, 2.24) is 5.32 Å². The zero-order chi connectivity index (χ0) is 23.3. The maximum Gasteiger partial charge on any atom is 0.264 e. The zero-order valence-corrected chi connectivity index (χ0v) is 22.6. The topological polar surface area (TPSA) is 50.8 Å². The number of hydrogen-bond acceptors (Lipinski definition) is 4. The van der Waals surface area contributed by atoms with Gasteiger partial charge in [-0.15, -0.1) is 12.4 Å². The second-order valence-electron chi connectivity index (χ2n) is 10.9. The van der Waals surface area contributed by atoms with E-state index in [0.717, 1.165) is 40.9 Å². The summed E-state index contributed by atoms with van der Waals surface area (Å²) < 4.78 is 12.5.